The largest absolute Gasteiger partial charge is 0.336 e. The van der Waals surface area contributed by atoms with Crippen LogP contribution in [0, 0.1) is 0 Å². The lowest BCUT2D eigenvalue weighted by Crippen LogP contribution is -2.47. The van der Waals surface area contributed by atoms with Gasteiger partial charge in [-0.3, -0.25) is 9.59 Å². The van der Waals surface area contributed by atoms with Crippen LogP contribution in [0.5, 0.6) is 0 Å². The number of carbonyl (C=O) groups is 1. The minimum absolute atomic E-state index is 0.0732. The van der Waals surface area contributed by atoms with Crippen molar-refractivity contribution in [2.75, 3.05) is 6.54 Å². The van der Waals surface area contributed by atoms with Gasteiger partial charge in [0.25, 0.3) is 15.9 Å². The molecule has 1 aromatic carbocycles. The molecule has 1 fully saturated rings. The molecule has 0 aliphatic carbocycles. The average Bonchev–Trinajstić information content (AvgIpc) is 2.63. The Balaban J connectivity index is 2.34. The van der Waals surface area contributed by atoms with E-state index in [1.807, 2.05) is 0 Å². The van der Waals surface area contributed by atoms with Gasteiger partial charge in [-0.25, -0.2) is 12.7 Å². The third kappa shape index (κ3) is 2.82. The summed E-state index contributed by atoms with van der Waals surface area (Å²) in [6.45, 7) is 0.132. The first-order valence-electron chi connectivity index (χ1n) is 6.31. The van der Waals surface area contributed by atoms with Gasteiger partial charge in [-0.1, -0.05) is 18.2 Å². The van der Waals surface area contributed by atoms with E-state index in [4.69, 9.17) is 0 Å². The Morgan fingerprint density at radius 3 is 2.55 bits per heavy atom. The summed E-state index contributed by atoms with van der Waals surface area (Å²) in [5.41, 5.74) is 0. The Hall–Kier alpha value is -1.89. The van der Waals surface area contributed by atoms with Crippen LogP contribution in [0.1, 0.15) is 19.3 Å². The summed E-state index contributed by atoms with van der Waals surface area (Å²) in [4.78, 5) is 22.7. The lowest BCUT2D eigenvalue weighted by Gasteiger charge is -2.23. The van der Waals surface area contributed by atoms with Crippen LogP contribution in [0.3, 0.4) is 0 Å². The second-order valence-corrected chi connectivity index (χ2v) is 6.39. The molecule has 0 spiro atoms. The predicted octanol–water partition coefficient (Wildman–Crippen LogP) is 0.413. The van der Waals surface area contributed by atoms with Crippen LogP contribution in [-0.4, -0.2) is 37.6 Å². The minimum Gasteiger partial charge on any atom is -0.336 e. The summed E-state index contributed by atoms with van der Waals surface area (Å²) in [6, 6.07) is 6.97. The van der Waals surface area contributed by atoms with Crippen LogP contribution < -0.4 is 5.32 Å². The van der Waals surface area contributed by atoms with Gasteiger partial charge in [0.05, 0.1) is 4.90 Å². The van der Waals surface area contributed by atoms with E-state index in [1.54, 1.807) is 18.2 Å². The van der Waals surface area contributed by atoms with Crippen molar-refractivity contribution < 1.29 is 18.0 Å². The van der Waals surface area contributed by atoms with Crippen molar-refractivity contribution in [3.8, 4) is 0 Å². The molecule has 1 aliphatic heterocycles. The number of hydrogen-bond donors (Lipinski definition) is 1. The SMILES string of the molecule is O=[C]N[C@H]1CCCCN(S(=O)(=O)c2ccccc2)C1=O. The summed E-state index contributed by atoms with van der Waals surface area (Å²) in [6.07, 6.45) is 3.14. The molecule has 1 radical (unpaired) electrons. The van der Waals surface area contributed by atoms with Crippen molar-refractivity contribution in [2.45, 2.75) is 30.2 Å². The maximum absolute atomic E-state index is 12.5. The second-order valence-electron chi connectivity index (χ2n) is 4.52. The number of carbonyl (C=O) groups excluding carboxylic acids is 2. The molecule has 2 rings (SSSR count). The van der Waals surface area contributed by atoms with E-state index in [2.05, 4.69) is 5.32 Å². The molecule has 6 nitrogen and oxygen atoms in total. The monoisotopic (exact) mass is 295 g/mol. The number of amides is 2. The molecule has 1 saturated heterocycles. The summed E-state index contributed by atoms with van der Waals surface area (Å²) in [5.74, 6) is -0.602. The molecule has 7 heteroatoms. The van der Waals surface area contributed by atoms with Gasteiger partial charge in [0.2, 0.25) is 0 Å². The first-order valence-corrected chi connectivity index (χ1v) is 7.75. The van der Waals surface area contributed by atoms with E-state index in [9.17, 15) is 18.0 Å². The van der Waals surface area contributed by atoms with E-state index < -0.39 is 22.0 Å². The maximum atomic E-state index is 12.5. The molecule has 1 N–H and O–H groups in total. The Labute approximate surface area is 117 Å². The fraction of sp³-hybridized carbons (Fsp3) is 0.385. The third-order valence-electron chi connectivity index (χ3n) is 3.21. The molecule has 0 aromatic heterocycles. The van der Waals surface area contributed by atoms with Gasteiger partial charge < -0.3 is 5.32 Å². The highest BCUT2D eigenvalue weighted by Crippen LogP contribution is 2.21. The Morgan fingerprint density at radius 2 is 1.90 bits per heavy atom. The molecule has 1 aromatic rings. The van der Waals surface area contributed by atoms with Gasteiger partial charge in [-0.15, -0.1) is 0 Å². The van der Waals surface area contributed by atoms with Gasteiger partial charge in [-0.05, 0) is 31.4 Å². The Kier molecular flexibility index (Phi) is 4.39. The summed E-state index contributed by atoms with van der Waals surface area (Å²) < 4.78 is 25.8. The lowest BCUT2D eigenvalue weighted by molar-refractivity contribution is -0.127. The zero-order valence-corrected chi connectivity index (χ0v) is 11.6. The van der Waals surface area contributed by atoms with Gasteiger partial charge >= 0.3 is 6.41 Å². The number of rotatable bonds is 4. The predicted molar refractivity (Wildman–Crippen MR) is 71.8 cm³/mol. The number of nitrogens with zero attached hydrogens (tertiary/aromatic N) is 1. The van der Waals surface area contributed by atoms with Crippen molar-refractivity contribution in [3.63, 3.8) is 0 Å². The maximum Gasteiger partial charge on any atom is 0.309 e. The average molecular weight is 295 g/mol. The molecule has 1 aliphatic rings. The highest BCUT2D eigenvalue weighted by atomic mass is 32.2. The molecule has 1 heterocycles. The van der Waals surface area contributed by atoms with Crippen molar-refractivity contribution >= 4 is 22.3 Å². The van der Waals surface area contributed by atoms with Crippen LogP contribution in [0.4, 0.5) is 0 Å². The van der Waals surface area contributed by atoms with Crippen LogP contribution in [0.2, 0.25) is 0 Å². The Bertz CT molecular complexity index is 586. The molecule has 0 unspecified atom stereocenters. The van der Waals surface area contributed by atoms with Crippen LogP contribution in [0.15, 0.2) is 35.2 Å². The quantitative estimate of drug-likeness (QED) is 0.816. The molecular formula is C13H15N2O4S. The van der Waals surface area contributed by atoms with Crippen molar-refractivity contribution in [1.82, 2.24) is 9.62 Å². The standard InChI is InChI=1S/C13H15N2O4S/c16-10-14-12-8-4-5-9-15(13(12)17)20(18,19)11-6-2-1-3-7-11/h1-3,6-7,12H,4-5,8-9H2,(H,14,16)/t12-/m0/s1. The van der Waals surface area contributed by atoms with Gasteiger partial charge in [-0.2, -0.15) is 0 Å². The van der Waals surface area contributed by atoms with Crippen molar-refractivity contribution in [1.29, 1.82) is 0 Å². The molecule has 1 atom stereocenters. The van der Waals surface area contributed by atoms with Crippen molar-refractivity contribution in [3.05, 3.63) is 30.3 Å². The molecule has 2 amide bonds. The number of hydrogen-bond acceptors (Lipinski definition) is 4. The first-order chi connectivity index (χ1) is 9.57. The third-order valence-corrected chi connectivity index (χ3v) is 5.02. The number of nitrogens with one attached hydrogen (secondary N) is 1. The fourth-order valence-corrected chi connectivity index (χ4v) is 3.66. The second kappa shape index (κ2) is 6.04. The zero-order valence-electron chi connectivity index (χ0n) is 10.8. The highest BCUT2D eigenvalue weighted by Gasteiger charge is 2.35. The van der Waals surface area contributed by atoms with Crippen molar-refractivity contribution in [2.24, 2.45) is 0 Å². The smallest absolute Gasteiger partial charge is 0.309 e. The minimum atomic E-state index is -3.87. The normalized spacial score (nSPS) is 20.3. The molecule has 0 bridgehead atoms. The van der Waals surface area contributed by atoms with Gasteiger partial charge in [0, 0.05) is 6.54 Å². The van der Waals surface area contributed by atoms with Gasteiger partial charge in [0.15, 0.2) is 0 Å². The first kappa shape index (κ1) is 14.5. The van der Waals surface area contributed by atoms with E-state index >= 15 is 0 Å². The topological polar surface area (TPSA) is 83.6 Å². The fourth-order valence-electron chi connectivity index (χ4n) is 2.17. The van der Waals surface area contributed by atoms with Crippen LogP contribution in [-0.2, 0) is 19.6 Å². The lowest BCUT2D eigenvalue weighted by atomic mass is 10.1. The summed E-state index contributed by atoms with van der Waals surface area (Å²) >= 11 is 0. The van der Waals surface area contributed by atoms with E-state index in [1.165, 1.54) is 18.5 Å². The zero-order chi connectivity index (χ0) is 14.6. The van der Waals surface area contributed by atoms with Gasteiger partial charge in [0.1, 0.15) is 6.04 Å². The molecule has 107 valence electrons. The van der Waals surface area contributed by atoms with Crippen LogP contribution >= 0.6 is 0 Å². The molecular weight excluding hydrogens is 280 g/mol. The van der Waals surface area contributed by atoms with Crippen LogP contribution in [0.25, 0.3) is 0 Å². The Morgan fingerprint density at radius 1 is 1.20 bits per heavy atom. The highest BCUT2D eigenvalue weighted by molar-refractivity contribution is 7.89. The van der Waals surface area contributed by atoms with E-state index in [-0.39, 0.29) is 11.4 Å². The molecule has 0 saturated carbocycles. The summed E-state index contributed by atoms with van der Waals surface area (Å²) in [7, 11) is -3.87. The number of sulfonamides is 1. The van der Waals surface area contributed by atoms with E-state index in [0.717, 1.165) is 4.31 Å². The summed E-state index contributed by atoms with van der Waals surface area (Å²) in [5, 5.41) is 2.27. The molecule has 20 heavy (non-hydrogen) atoms. The number of benzene rings is 1. The van der Waals surface area contributed by atoms with E-state index in [0.29, 0.717) is 19.3 Å².